The lowest BCUT2D eigenvalue weighted by molar-refractivity contribution is -0.0587. The van der Waals surface area contributed by atoms with Crippen LogP contribution < -0.4 is 0 Å². The number of benzene rings is 1. The third-order valence-electron chi connectivity index (χ3n) is 3.63. The Bertz CT molecular complexity index is 640. The Morgan fingerprint density at radius 2 is 2.05 bits per heavy atom. The lowest BCUT2D eigenvalue weighted by Gasteiger charge is -2.34. The van der Waals surface area contributed by atoms with Crippen LogP contribution in [0.3, 0.4) is 0 Å². The molecule has 2 heterocycles. The van der Waals surface area contributed by atoms with Crippen LogP contribution in [-0.2, 0) is 4.74 Å². The van der Waals surface area contributed by atoms with Crippen LogP contribution in [0.1, 0.15) is 29.9 Å². The molecule has 1 N–H and O–H groups in total. The maximum Gasteiger partial charge on any atom is 0.275 e. The normalized spacial score (nSPS) is 23.2. The summed E-state index contributed by atoms with van der Waals surface area (Å²) in [6.07, 6.45) is 0.129. The van der Waals surface area contributed by atoms with Crippen LogP contribution in [0.15, 0.2) is 18.2 Å². The summed E-state index contributed by atoms with van der Waals surface area (Å²) in [5.41, 5.74) is 2.52. The molecule has 1 aromatic carbocycles. The van der Waals surface area contributed by atoms with Crippen LogP contribution >= 0.6 is 0 Å². The van der Waals surface area contributed by atoms with Crippen molar-refractivity contribution in [1.82, 2.24) is 15.1 Å². The van der Waals surface area contributed by atoms with Gasteiger partial charge in [-0.25, -0.2) is 0 Å². The molecule has 0 spiro atoms. The zero-order valence-corrected chi connectivity index (χ0v) is 12.0. The smallest absolute Gasteiger partial charge is 0.275 e. The first kappa shape index (κ1) is 13.1. The lowest BCUT2D eigenvalue weighted by Crippen LogP contribution is -2.48. The molecule has 106 valence electrons. The first-order chi connectivity index (χ1) is 9.54. The molecular weight excluding hydrogens is 254 g/mol. The van der Waals surface area contributed by atoms with Crippen LogP contribution in [-0.4, -0.2) is 46.3 Å². The number of carbonyl (C=O) groups is 1. The van der Waals surface area contributed by atoms with E-state index >= 15 is 0 Å². The predicted molar refractivity (Wildman–Crippen MR) is 76.7 cm³/mol. The van der Waals surface area contributed by atoms with E-state index in [1.165, 1.54) is 0 Å². The molecule has 5 heteroatoms. The number of rotatable bonds is 1. The number of hydrogen-bond acceptors (Lipinski definition) is 3. The van der Waals surface area contributed by atoms with Gasteiger partial charge in [0.25, 0.3) is 5.91 Å². The highest BCUT2D eigenvalue weighted by atomic mass is 16.5. The SMILES string of the molecule is Cc1ccc2[nH]nc(C(=O)N3CC(C)OC(C)C3)c2c1. The molecule has 0 saturated carbocycles. The first-order valence-corrected chi connectivity index (χ1v) is 6.94. The summed E-state index contributed by atoms with van der Waals surface area (Å²) < 4.78 is 5.67. The van der Waals surface area contributed by atoms with Crippen LogP contribution in [0.4, 0.5) is 0 Å². The second-order valence-electron chi connectivity index (χ2n) is 5.59. The summed E-state index contributed by atoms with van der Waals surface area (Å²) in [6, 6.07) is 5.96. The number of carbonyl (C=O) groups excluding carboxylic acids is 1. The lowest BCUT2D eigenvalue weighted by atomic mass is 10.1. The summed E-state index contributed by atoms with van der Waals surface area (Å²) in [4.78, 5) is 14.5. The van der Waals surface area contributed by atoms with Gasteiger partial charge in [-0.1, -0.05) is 11.6 Å². The molecule has 1 aliphatic heterocycles. The molecule has 1 aromatic heterocycles. The van der Waals surface area contributed by atoms with E-state index in [1.54, 1.807) is 0 Å². The molecule has 20 heavy (non-hydrogen) atoms. The monoisotopic (exact) mass is 273 g/mol. The van der Waals surface area contributed by atoms with E-state index in [1.807, 2.05) is 43.9 Å². The van der Waals surface area contributed by atoms with Gasteiger partial charge < -0.3 is 9.64 Å². The van der Waals surface area contributed by atoms with E-state index in [9.17, 15) is 4.79 Å². The number of aromatic nitrogens is 2. The number of aromatic amines is 1. The van der Waals surface area contributed by atoms with Crippen LogP contribution in [0.25, 0.3) is 10.9 Å². The van der Waals surface area contributed by atoms with E-state index in [0.29, 0.717) is 18.8 Å². The summed E-state index contributed by atoms with van der Waals surface area (Å²) in [7, 11) is 0. The molecule has 1 aliphatic rings. The number of amides is 1. The van der Waals surface area contributed by atoms with Crippen molar-refractivity contribution in [3.8, 4) is 0 Å². The van der Waals surface area contributed by atoms with Crippen molar-refractivity contribution in [1.29, 1.82) is 0 Å². The zero-order valence-electron chi connectivity index (χ0n) is 12.0. The Labute approximate surface area is 117 Å². The first-order valence-electron chi connectivity index (χ1n) is 6.94. The molecule has 0 aliphatic carbocycles. The minimum absolute atomic E-state index is 0.0242. The molecule has 3 rings (SSSR count). The van der Waals surface area contributed by atoms with Gasteiger partial charge in [-0.2, -0.15) is 5.10 Å². The Morgan fingerprint density at radius 1 is 1.35 bits per heavy atom. The highest BCUT2D eigenvalue weighted by molar-refractivity contribution is 6.04. The molecule has 2 unspecified atom stereocenters. The number of hydrogen-bond donors (Lipinski definition) is 1. The van der Waals surface area contributed by atoms with Crippen molar-refractivity contribution >= 4 is 16.8 Å². The fourth-order valence-electron chi connectivity index (χ4n) is 2.78. The standard InChI is InChI=1S/C15H19N3O2/c1-9-4-5-13-12(6-9)14(17-16-13)15(19)18-7-10(2)20-11(3)8-18/h4-6,10-11H,7-8H2,1-3H3,(H,16,17). The Hall–Kier alpha value is -1.88. The van der Waals surface area contributed by atoms with Gasteiger partial charge in [0.1, 0.15) is 0 Å². The Balaban J connectivity index is 1.94. The third kappa shape index (κ3) is 2.29. The van der Waals surface area contributed by atoms with E-state index in [4.69, 9.17) is 4.74 Å². The van der Waals surface area contributed by atoms with Crippen molar-refractivity contribution in [3.63, 3.8) is 0 Å². The second-order valence-corrected chi connectivity index (χ2v) is 5.59. The minimum atomic E-state index is -0.0242. The highest BCUT2D eigenvalue weighted by Gasteiger charge is 2.28. The average Bonchev–Trinajstić information content (AvgIpc) is 2.79. The van der Waals surface area contributed by atoms with Gasteiger partial charge >= 0.3 is 0 Å². The second kappa shape index (κ2) is 4.90. The zero-order chi connectivity index (χ0) is 14.3. The minimum Gasteiger partial charge on any atom is -0.372 e. The summed E-state index contributed by atoms with van der Waals surface area (Å²) in [5.74, 6) is -0.0242. The largest absolute Gasteiger partial charge is 0.372 e. The number of ether oxygens (including phenoxy) is 1. The Kier molecular flexibility index (Phi) is 3.22. The van der Waals surface area contributed by atoms with Gasteiger partial charge in [-0.05, 0) is 32.9 Å². The van der Waals surface area contributed by atoms with Crippen LogP contribution in [0.2, 0.25) is 0 Å². The fourth-order valence-corrected chi connectivity index (χ4v) is 2.78. The van der Waals surface area contributed by atoms with E-state index in [0.717, 1.165) is 16.5 Å². The Morgan fingerprint density at radius 3 is 2.75 bits per heavy atom. The maximum atomic E-state index is 12.7. The molecule has 2 aromatic rings. The molecule has 2 atom stereocenters. The molecular formula is C15H19N3O2. The number of morpholine rings is 1. The van der Waals surface area contributed by atoms with Crippen LogP contribution in [0, 0.1) is 6.92 Å². The summed E-state index contributed by atoms with van der Waals surface area (Å²) >= 11 is 0. The van der Waals surface area contributed by atoms with Crippen LogP contribution in [0.5, 0.6) is 0 Å². The fraction of sp³-hybridized carbons (Fsp3) is 0.467. The number of H-pyrrole nitrogens is 1. The van der Waals surface area contributed by atoms with E-state index in [-0.39, 0.29) is 18.1 Å². The molecule has 0 radical (unpaired) electrons. The van der Waals surface area contributed by atoms with Gasteiger partial charge in [0, 0.05) is 18.5 Å². The molecule has 1 amide bonds. The molecule has 0 bridgehead atoms. The van der Waals surface area contributed by atoms with Gasteiger partial charge in [-0.15, -0.1) is 0 Å². The number of nitrogens with zero attached hydrogens (tertiary/aromatic N) is 2. The third-order valence-corrected chi connectivity index (χ3v) is 3.63. The predicted octanol–water partition coefficient (Wildman–Crippen LogP) is 2.12. The molecule has 1 fully saturated rings. The van der Waals surface area contributed by atoms with Crippen molar-refractivity contribution in [3.05, 3.63) is 29.5 Å². The molecule has 5 nitrogen and oxygen atoms in total. The maximum absolute atomic E-state index is 12.7. The van der Waals surface area contributed by atoms with Crippen molar-refractivity contribution < 1.29 is 9.53 Å². The van der Waals surface area contributed by atoms with Gasteiger partial charge in [0.05, 0.1) is 17.7 Å². The van der Waals surface area contributed by atoms with Crippen molar-refractivity contribution in [2.24, 2.45) is 0 Å². The van der Waals surface area contributed by atoms with Crippen molar-refractivity contribution in [2.45, 2.75) is 33.0 Å². The quantitative estimate of drug-likeness (QED) is 0.866. The van der Waals surface area contributed by atoms with Gasteiger partial charge in [0.15, 0.2) is 5.69 Å². The van der Waals surface area contributed by atoms with E-state index < -0.39 is 0 Å². The summed E-state index contributed by atoms with van der Waals surface area (Å²) in [6.45, 7) is 7.22. The number of aryl methyl sites for hydroxylation is 1. The topological polar surface area (TPSA) is 58.2 Å². The van der Waals surface area contributed by atoms with Gasteiger partial charge in [0.2, 0.25) is 0 Å². The number of fused-ring (bicyclic) bond motifs is 1. The number of nitrogens with one attached hydrogen (secondary N) is 1. The van der Waals surface area contributed by atoms with Crippen molar-refractivity contribution in [2.75, 3.05) is 13.1 Å². The summed E-state index contributed by atoms with van der Waals surface area (Å²) in [5, 5.41) is 8.02. The molecule has 1 saturated heterocycles. The van der Waals surface area contributed by atoms with E-state index in [2.05, 4.69) is 10.2 Å². The van der Waals surface area contributed by atoms with Gasteiger partial charge in [-0.3, -0.25) is 9.89 Å². The highest BCUT2D eigenvalue weighted by Crippen LogP contribution is 2.21. The average molecular weight is 273 g/mol.